The second kappa shape index (κ2) is 5.73. The molecule has 0 atom stereocenters. The summed E-state index contributed by atoms with van der Waals surface area (Å²) in [5, 5.41) is 21.2. The van der Waals surface area contributed by atoms with E-state index in [9.17, 15) is 9.59 Å². The molecule has 1 aliphatic carbocycles. The van der Waals surface area contributed by atoms with Crippen LogP contribution in [0.2, 0.25) is 0 Å². The van der Waals surface area contributed by atoms with E-state index in [2.05, 4.69) is 5.32 Å². The van der Waals surface area contributed by atoms with Gasteiger partial charge in [-0.05, 0) is 31.0 Å². The van der Waals surface area contributed by atoms with Crippen molar-refractivity contribution in [1.29, 1.82) is 0 Å². The van der Waals surface area contributed by atoms with Crippen molar-refractivity contribution in [2.75, 3.05) is 5.32 Å². The van der Waals surface area contributed by atoms with Gasteiger partial charge >= 0.3 is 11.9 Å². The van der Waals surface area contributed by atoms with Gasteiger partial charge in [-0.15, -0.1) is 0 Å². The lowest BCUT2D eigenvalue weighted by molar-refractivity contribution is 0.0696. The van der Waals surface area contributed by atoms with Gasteiger partial charge < -0.3 is 15.5 Å². The number of rotatable bonds is 4. The molecule has 1 saturated carbocycles. The Labute approximate surface area is 111 Å². The lowest BCUT2D eigenvalue weighted by Gasteiger charge is -2.24. The Balaban J connectivity index is 2.22. The summed E-state index contributed by atoms with van der Waals surface area (Å²) in [5.41, 5.74) is 0.570. The molecule has 0 aromatic heterocycles. The van der Waals surface area contributed by atoms with E-state index in [0.717, 1.165) is 25.7 Å². The quantitative estimate of drug-likeness (QED) is 0.777. The molecule has 5 heteroatoms. The van der Waals surface area contributed by atoms with Crippen LogP contribution in [0.5, 0.6) is 0 Å². The van der Waals surface area contributed by atoms with Crippen LogP contribution in [0.15, 0.2) is 18.2 Å². The fourth-order valence-electron chi connectivity index (χ4n) is 2.44. The van der Waals surface area contributed by atoms with Gasteiger partial charge in [0.2, 0.25) is 0 Å². The number of nitrogens with one attached hydrogen (secondary N) is 1. The van der Waals surface area contributed by atoms with E-state index in [-0.39, 0.29) is 11.1 Å². The summed E-state index contributed by atoms with van der Waals surface area (Å²) < 4.78 is 0. The topological polar surface area (TPSA) is 86.6 Å². The summed E-state index contributed by atoms with van der Waals surface area (Å²) in [7, 11) is 0. The van der Waals surface area contributed by atoms with Crippen molar-refractivity contribution in [3.8, 4) is 0 Å². The van der Waals surface area contributed by atoms with Gasteiger partial charge in [0.25, 0.3) is 0 Å². The molecule has 1 aromatic carbocycles. The van der Waals surface area contributed by atoms with Crippen LogP contribution in [0.4, 0.5) is 5.69 Å². The minimum absolute atomic E-state index is 0.00166. The summed E-state index contributed by atoms with van der Waals surface area (Å²) >= 11 is 0. The molecule has 3 N–H and O–H groups in total. The monoisotopic (exact) mass is 263 g/mol. The van der Waals surface area contributed by atoms with Crippen molar-refractivity contribution >= 4 is 17.6 Å². The molecule has 0 saturated heterocycles. The predicted octanol–water partition coefficient (Wildman–Crippen LogP) is 2.83. The molecule has 19 heavy (non-hydrogen) atoms. The number of carboxylic acid groups (broad SMARTS) is 2. The molecule has 0 radical (unpaired) electrons. The molecule has 102 valence electrons. The first-order valence-corrected chi connectivity index (χ1v) is 6.44. The molecular formula is C14H17NO4. The van der Waals surface area contributed by atoms with Crippen LogP contribution in [0.25, 0.3) is 0 Å². The first kappa shape index (κ1) is 13.4. The van der Waals surface area contributed by atoms with E-state index in [0.29, 0.717) is 11.7 Å². The molecule has 0 aliphatic heterocycles. The highest BCUT2D eigenvalue weighted by Crippen LogP contribution is 2.23. The van der Waals surface area contributed by atoms with E-state index in [1.54, 1.807) is 0 Å². The first-order chi connectivity index (χ1) is 9.06. The number of carbonyl (C=O) groups is 2. The van der Waals surface area contributed by atoms with Gasteiger partial charge in [0, 0.05) is 11.7 Å². The third-order valence-corrected chi connectivity index (χ3v) is 3.40. The number of benzene rings is 1. The third kappa shape index (κ3) is 3.47. The third-order valence-electron chi connectivity index (χ3n) is 3.40. The molecular weight excluding hydrogens is 246 g/mol. The summed E-state index contributed by atoms with van der Waals surface area (Å²) in [5.74, 6) is -2.23. The fraction of sp³-hybridized carbons (Fsp3) is 0.429. The molecule has 1 fully saturated rings. The molecule has 2 rings (SSSR count). The van der Waals surface area contributed by atoms with Crippen LogP contribution in [0.1, 0.15) is 52.8 Å². The van der Waals surface area contributed by atoms with E-state index in [4.69, 9.17) is 10.2 Å². The Bertz CT molecular complexity index is 460. The van der Waals surface area contributed by atoms with E-state index < -0.39 is 11.9 Å². The van der Waals surface area contributed by atoms with Crippen LogP contribution < -0.4 is 5.32 Å². The zero-order valence-corrected chi connectivity index (χ0v) is 10.6. The predicted molar refractivity (Wildman–Crippen MR) is 70.9 cm³/mol. The maximum Gasteiger partial charge on any atom is 0.335 e. The lowest BCUT2D eigenvalue weighted by Crippen LogP contribution is -2.22. The second-order valence-electron chi connectivity index (χ2n) is 4.89. The maximum absolute atomic E-state index is 11.0. The fourth-order valence-corrected chi connectivity index (χ4v) is 2.44. The Morgan fingerprint density at radius 1 is 0.947 bits per heavy atom. The highest BCUT2D eigenvalue weighted by molar-refractivity contribution is 5.95. The van der Waals surface area contributed by atoms with Gasteiger partial charge in [0.15, 0.2) is 0 Å². The van der Waals surface area contributed by atoms with Gasteiger partial charge in [-0.2, -0.15) is 0 Å². The van der Waals surface area contributed by atoms with Crippen LogP contribution in [0.3, 0.4) is 0 Å². The summed E-state index contributed by atoms with van der Waals surface area (Å²) in [4.78, 5) is 22.0. The molecule has 1 aliphatic rings. The zero-order chi connectivity index (χ0) is 13.8. The van der Waals surface area contributed by atoms with Gasteiger partial charge in [-0.1, -0.05) is 19.3 Å². The van der Waals surface area contributed by atoms with Gasteiger partial charge in [-0.25, -0.2) is 9.59 Å². The highest BCUT2D eigenvalue weighted by atomic mass is 16.4. The van der Waals surface area contributed by atoms with Crippen molar-refractivity contribution in [1.82, 2.24) is 0 Å². The smallest absolute Gasteiger partial charge is 0.335 e. The van der Waals surface area contributed by atoms with Crippen molar-refractivity contribution in [3.63, 3.8) is 0 Å². The maximum atomic E-state index is 11.0. The Morgan fingerprint density at radius 3 is 1.95 bits per heavy atom. The van der Waals surface area contributed by atoms with Crippen molar-refractivity contribution in [3.05, 3.63) is 29.3 Å². The second-order valence-corrected chi connectivity index (χ2v) is 4.89. The average Bonchev–Trinajstić information content (AvgIpc) is 2.39. The van der Waals surface area contributed by atoms with Crippen LogP contribution in [0, 0.1) is 0 Å². The Kier molecular flexibility index (Phi) is 4.04. The highest BCUT2D eigenvalue weighted by Gasteiger charge is 2.16. The lowest BCUT2D eigenvalue weighted by atomic mass is 9.95. The van der Waals surface area contributed by atoms with E-state index >= 15 is 0 Å². The number of anilines is 1. The number of carboxylic acids is 2. The van der Waals surface area contributed by atoms with Crippen molar-refractivity contribution in [2.45, 2.75) is 38.1 Å². The SMILES string of the molecule is O=C(O)c1cc(NC2CCCCC2)cc(C(=O)O)c1. The minimum atomic E-state index is -1.12. The summed E-state index contributed by atoms with van der Waals surface area (Å²) in [6.07, 6.45) is 5.62. The normalized spacial score (nSPS) is 16.0. The number of aromatic carboxylic acids is 2. The van der Waals surface area contributed by atoms with Crippen molar-refractivity contribution < 1.29 is 19.8 Å². The molecule has 5 nitrogen and oxygen atoms in total. The largest absolute Gasteiger partial charge is 0.478 e. The van der Waals surface area contributed by atoms with Gasteiger partial charge in [0.05, 0.1) is 11.1 Å². The van der Waals surface area contributed by atoms with E-state index in [1.807, 2.05) is 0 Å². The Hall–Kier alpha value is -2.04. The summed E-state index contributed by atoms with van der Waals surface area (Å²) in [6, 6.07) is 4.46. The van der Waals surface area contributed by atoms with Crippen LogP contribution >= 0.6 is 0 Å². The average molecular weight is 263 g/mol. The molecule has 0 bridgehead atoms. The molecule has 0 heterocycles. The number of hydrogen-bond acceptors (Lipinski definition) is 3. The molecule has 0 amide bonds. The Morgan fingerprint density at radius 2 is 1.47 bits per heavy atom. The molecule has 1 aromatic rings. The number of hydrogen-bond donors (Lipinski definition) is 3. The standard InChI is InChI=1S/C14H17NO4/c16-13(17)9-6-10(14(18)19)8-12(7-9)15-11-4-2-1-3-5-11/h6-8,11,15H,1-5H2,(H,16,17)(H,18,19). The van der Waals surface area contributed by atoms with E-state index in [1.165, 1.54) is 24.6 Å². The zero-order valence-electron chi connectivity index (χ0n) is 10.6. The van der Waals surface area contributed by atoms with Crippen LogP contribution in [-0.4, -0.2) is 28.2 Å². The van der Waals surface area contributed by atoms with Crippen molar-refractivity contribution in [2.24, 2.45) is 0 Å². The molecule has 0 unspecified atom stereocenters. The van der Waals surface area contributed by atoms with Gasteiger partial charge in [-0.3, -0.25) is 0 Å². The summed E-state index contributed by atoms with van der Waals surface area (Å²) in [6.45, 7) is 0. The van der Waals surface area contributed by atoms with Crippen LogP contribution in [-0.2, 0) is 0 Å². The molecule has 0 spiro atoms. The minimum Gasteiger partial charge on any atom is -0.478 e. The first-order valence-electron chi connectivity index (χ1n) is 6.44. The van der Waals surface area contributed by atoms with Gasteiger partial charge in [0.1, 0.15) is 0 Å².